The number of aromatic nitrogens is 1. The van der Waals surface area contributed by atoms with Gasteiger partial charge in [0.1, 0.15) is 5.82 Å². The van der Waals surface area contributed by atoms with E-state index >= 15 is 0 Å². The molecule has 0 aliphatic rings. The molecule has 0 bridgehead atoms. The lowest BCUT2D eigenvalue weighted by Crippen LogP contribution is -1.88. The molecule has 0 saturated carbocycles. The third-order valence-electron chi connectivity index (χ3n) is 1.77. The number of nitrogen functional groups attached to an aromatic ring is 1. The second-order valence-corrected chi connectivity index (χ2v) is 3.56. The SMILES string of the molecule is Nc1cc2c(Cl)cc(Cl)cc2cn1. The van der Waals surface area contributed by atoms with Gasteiger partial charge in [0.15, 0.2) is 0 Å². The van der Waals surface area contributed by atoms with E-state index in [1.165, 1.54) is 0 Å². The molecule has 2 rings (SSSR count). The Balaban J connectivity index is 2.87. The van der Waals surface area contributed by atoms with Gasteiger partial charge < -0.3 is 5.73 Å². The van der Waals surface area contributed by atoms with Crippen LogP contribution in [0.5, 0.6) is 0 Å². The highest BCUT2D eigenvalue weighted by Gasteiger charge is 2.01. The number of hydrogen-bond donors (Lipinski definition) is 1. The number of anilines is 1. The second-order valence-electron chi connectivity index (χ2n) is 2.72. The molecule has 1 aromatic heterocycles. The highest BCUT2D eigenvalue weighted by molar-refractivity contribution is 6.38. The quantitative estimate of drug-likeness (QED) is 0.730. The topological polar surface area (TPSA) is 38.9 Å². The number of pyridine rings is 1. The Morgan fingerprint density at radius 1 is 1.15 bits per heavy atom. The van der Waals surface area contributed by atoms with Gasteiger partial charge in [-0.1, -0.05) is 23.2 Å². The summed E-state index contributed by atoms with van der Waals surface area (Å²) >= 11 is 11.8. The van der Waals surface area contributed by atoms with Crippen molar-refractivity contribution in [3.8, 4) is 0 Å². The molecular formula is C9H6Cl2N2. The van der Waals surface area contributed by atoms with Crippen molar-refractivity contribution in [2.45, 2.75) is 0 Å². The van der Waals surface area contributed by atoms with Crippen LogP contribution in [0.15, 0.2) is 24.4 Å². The zero-order chi connectivity index (χ0) is 9.42. The van der Waals surface area contributed by atoms with Crippen molar-refractivity contribution < 1.29 is 0 Å². The van der Waals surface area contributed by atoms with E-state index in [1.807, 2.05) is 0 Å². The molecule has 13 heavy (non-hydrogen) atoms. The lowest BCUT2D eigenvalue weighted by atomic mass is 10.2. The molecule has 0 amide bonds. The van der Waals surface area contributed by atoms with E-state index in [0.717, 1.165) is 10.8 Å². The molecule has 2 N–H and O–H groups in total. The number of fused-ring (bicyclic) bond motifs is 1. The molecule has 1 aromatic carbocycles. The van der Waals surface area contributed by atoms with Gasteiger partial charge in [-0.25, -0.2) is 4.98 Å². The lowest BCUT2D eigenvalue weighted by molar-refractivity contribution is 1.37. The average Bonchev–Trinajstić information content (AvgIpc) is 2.06. The Hall–Kier alpha value is -0.990. The predicted molar refractivity (Wildman–Crippen MR) is 56.2 cm³/mol. The van der Waals surface area contributed by atoms with Gasteiger partial charge in [-0.3, -0.25) is 0 Å². The molecule has 0 atom stereocenters. The van der Waals surface area contributed by atoms with Crippen LogP contribution < -0.4 is 5.73 Å². The smallest absolute Gasteiger partial charge is 0.123 e. The Morgan fingerprint density at radius 2 is 1.92 bits per heavy atom. The van der Waals surface area contributed by atoms with E-state index in [-0.39, 0.29) is 0 Å². The molecule has 0 unspecified atom stereocenters. The molecule has 0 saturated heterocycles. The Morgan fingerprint density at radius 3 is 2.69 bits per heavy atom. The first-order valence-electron chi connectivity index (χ1n) is 3.67. The third kappa shape index (κ3) is 1.55. The standard InChI is InChI=1S/C9H6Cl2N2/c10-6-1-5-4-13-9(12)3-7(5)8(11)2-6/h1-4H,(H2,12,13). The normalized spacial score (nSPS) is 10.6. The Kier molecular flexibility index (Phi) is 2.02. The van der Waals surface area contributed by atoms with E-state index in [1.54, 1.807) is 24.4 Å². The fourth-order valence-electron chi connectivity index (χ4n) is 1.19. The minimum Gasteiger partial charge on any atom is -0.384 e. The molecule has 0 aliphatic heterocycles. The summed E-state index contributed by atoms with van der Waals surface area (Å²) in [7, 11) is 0. The van der Waals surface area contributed by atoms with Crippen LogP contribution in [-0.2, 0) is 0 Å². The molecule has 0 spiro atoms. The summed E-state index contributed by atoms with van der Waals surface area (Å²) in [6.45, 7) is 0. The summed E-state index contributed by atoms with van der Waals surface area (Å²) in [5.74, 6) is 0.455. The van der Waals surface area contributed by atoms with E-state index in [0.29, 0.717) is 15.9 Å². The molecule has 1 heterocycles. The van der Waals surface area contributed by atoms with Crippen LogP contribution >= 0.6 is 23.2 Å². The molecule has 0 fully saturated rings. The largest absolute Gasteiger partial charge is 0.384 e. The fourth-order valence-corrected chi connectivity index (χ4v) is 1.76. The minimum atomic E-state index is 0.455. The van der Waals surface area contributed by atoms with Crippen LogP contribution in [0, 0.1) is 0 Å². The summed E-state index contributed by atoms with van der Waals surface area (Å²) in [5.41, 5.74) is 5.53. The Labute approximate surface area is 85.3 Å². The summed E-state index contributed by atoms with van der Waals surface area (Å²) in [6.07, 6.45) is 1.66. The zero-order valence-electron chi connectivity index (χ0n) is 6.59. The van der Waals surface area contributed by atoms with Crippen molar-refractivity contribution in [1.82, 2.24) is 4.98 Å². The number of hydrogen-bond acceptors (Lipinski definition) is 2. The highest BCUT2D eigenvalue weighted by Crippen LogP contribution is 2.28. The maximum atomic E-state index is 5.97. The molecule has 66 valence electrons. The van der Waals surface area contributed by atoms with Crippen LogP contribution in [-0.4, -0.2) is 4.98 Å². The van der Waals surface area contributed by atoms with Gasteiger partial charge in [0, 0.05) is 22.0 Å². The van der Waals surface area contributed by atoms with Crippen molar-refractivity contribution in [3.63, 3.8) is 0 Å². The highest BCUT2D eigenvalue weighted by atomic mass is 35.5. The van der Waals surface area contributed by atoms with E-state index in [4.69, 9.17) is 28.9 Å². The number of nitrogens with zero attached hydrogens (tertiary/aromatic N) is 1. The minimum absolute atomic E-state index is 0.455. The maximum Gasteiger partial charge on any atom is 0.123 e. The molecule has 0 aliphatic carbocycles. The number of halogens is 2. The maximum absolute atomic E-state index is 5.97. The van der Waals surface area contributed by atoms with Gasteiger partial charge in [0.25, 0.3) is 0 Å². The van der Waals surface area contributed by atoms with Gasteiger partial charge in [-0.15, -0.1) is 0 Å². The zero-order valence-corrected chi connectivity index (χ0v) is 8.10. The van der Waals surface area contributed by atoms with Gasteiger partial charge in [0.05, 0.1) is 5.02 Å². The van der Waals surface area contributed by atoms with Crippen LogP contribution in [0.1, 0.15) is 0 Å². The van der Waals surface area contributed by atoms with Crippen molar-refractivity contribution in [1.29, 1.82) is 0 Å². The van der Waals surface area contributed by atoms with E-state index in [9.17, 15) is 0 Å². The first-order valence-corrected chi connectivity index (χ1v) is 4.43. The average molecular weight is 213 g/mol. The van der Waals surface area contributed by atoms with Crippen molar-refractivity contribution in [2.24, 2.45) is 0 Å². The van der Waals surface area contributed by atoms with Crippen LogP contribution in [0.4, 0.5) is 5.82 Å². The molecular weight excluding hydrogens is 207 g/mol. The molecule has 0 radical (unpaired) electrons. The monoisotopic (exact) mass is 212 g/mol. The molecule has 2 nitrogen and oxygen atoms in total. The predicted octanol–water partition coefficient (Wildman–Crippen LogP) is 3.12. The summed E-state index contributed by atoms with van der Waals surface area (Å²) in [6, 6.07) is 5.22. The summed E-state index contributed by atoms with van der Waals surface area (Å²) < 4.78 is 0. The van der Waals surface area contributed by atoms with Crippen LogP contribution in [0.2, 0.25) is 10.0 Å². The molecule has 2 aromatic rings. The van der Waals surface area contributed by atoms with Crippen molar-refractivity contribution >= 4 is 39.8 Å². The lowest BCUT2D eigenvalue weighted by Gasteiger charge is -2.01. The van der Waals surface area contributed by atoms with Gasteiger partial charge in [-0.2, -0.15) is 0 Å². The van der Waals surface area contributed by atoms with E-state index < -0.39 is 0 Å². The summed E-state index contributed by atoms with van der Waals surface area (Å²) in [4.78, 5) is 3.95. The summed E-state index contributed by atoms with van der Waals surface area (Å²) in [5, 5.41) is 2.96. The van der Waals surface area contributed by atoms with E-state index in [2.05, 4.69) is 4.98 Å². The van der Waals surface area contributed by atoms with Crippen molar-refractivity contribution in [2.75, 3.05) is 5.73 Å². The third-order valence-corrected chi connectivity index (χ3v) is 2.30. The first kappa shape index (κ1) is 8.60. The van der Waals surface area contributed by atoms with Crippen LogP contribution in [0.3, 0.4) is 0 Å². The number of benzene rings is 1. The van der Waals surface area contributed by atoms with Gasteiger partial charge in [-0.05, 0) is 18.2 Å². The van der Waals surface area contributed by atoms with Crippen LogP contribution in [0.25, 0.3) is 10.8 Å². The van der Waals surface area contributed by atoms with Gasteiger partial charge in [0.2, 0.25) is 0 Å². The molecule has 4 heteroatoms. The first-order chi connectivity index (χ1) is 6.16. The van der Waals surface area contributed by atoms with Gasteiger partial charge >= 0.3 is 0 Å². The second kappa shape index (κ2) is 3.05. The fraction of sp³-hybridized carbons (Fsp3) is 0. The number of rotatable bonds is 0. The van der Waals surface area contributed by atoms with Crippen molar-refractivity contribution in [3.05, 3.63) is 34.4 Å². The Bertz CT molecular complexity index is 468. The number of nitrogens with two attached hydrogens (primary N) is 1.